The lowest BCUT2D eigenvalue weighted by Gasteiger charge is -2.48. The van der Waals surface area contributed by atoms with Gasteiger partial charge in [-0.15, -0.1) is 0 Å². The number of piperidine rings is 3. The Bertz CT molecular complexity index is 1840. The minimum atomic E-state index is -0.584. The van der Waals surface area contributed by atoms with Crippen LogP contribution in [0, 0.1) is 5.41 Å². The van der Waals surface area contributed by atoms with E-state index in [2.05, 4.69) is 81.6 Å². The first kappa shape index (κ1) is 34.3. The Morgan fingerprint density at radius 1 is 0.942 bits per heavy atom. The van der Waals surface area contributed by atoms with E-state index in [9.17, 15) is 4.79 Å². The molecule has 3 saturated heterocycles. The monoisotopic (exact) mass is 706 g/mol. The van der Waals surface area contributed by atoms with Crippen LogP contribution in [0.25, 0.3) is 22.3 Å². The summed E-state index contributed by atoms with van der Waals surface area (Å²) in [6.07, 6.45) is 14.4. The van der Waals surface area contributed by atoms with Crippen molar-refractivity contribution in [1.82, 2.24) is 29.2 Å². The Hall–Kier alpha value is -3.50. The van der Waals surface area contributed by atoms with E-state index in [0.29, 0.717) is 43.9 Å². The summed E-state index contributed by atoms with van der Waals surface area (Å²) < 4.78 is 2.21. The van der Waals surface area contributed by atoms with Crippen LogP contribution in [0.2, 0.25) is 0 Å². The maximum Gasteiger partial charge on any atom is 0.238 e. The zero-order valence-corrected chi connectivity index (χ0v) is 31.9. The molecule has 2 saturated carbocycles. The maximum absolute atomic E-state index is 15.0. The highest BCUT2D eigenvalue weighted by Crippen LogP contribution is 2.53. The molecule has 1 N–H and O–H groups in total. The third-order valence-corrected chi connectivity index (χ3v) is 14.1. The largest absolute Gasteiger partial charge is 0.366 e. The predicted molar refractivity (Wildman–Crippen MR) is 207 cm³/mol. The Labute approximate surface area is 309 Å². The number of anilines is 2. The molecule has 5 fully saturated rings. The molecule has 6 aliphatic rings. The molecule has 10 nitrogen and oxygen atoms in total. The van der Waals surface area contributed by atoms with Gasteiger partial charge in [-0.1, -0.05) is 25.5 Å². The van der Waals surface area contributed by atoms with E-state index in [1.54, 1.807) is 0 Å². The van der Waals surface area contributed by atoms with Gasteiger partial charge in [-0.25, -0.2) is 9.97 Å². The first-order chi connectivity index (χ1) is 25.2. The molecule has 52 heavy (non-hydrogen) atoms. The Kier molecular flexibility index (Phi) is 8.64. The minimum absolute atomic E-state index is 0.208. The summed E-state index contributed by atoms with van der Waals surface area (Å²) in [7, 11) is 2.16. The Balaban J connectivity index is 1.04. The summed E-state index contributed by atoms with van der Waals surface area (Å²) >= 11 is 0. The number of fused-ring (bicyclic) bond motifs is 3. The average molecular weight is 707 g/mol. The minimum Gasteiger partial charge on any atom is -0.366 e. The van der Waals surface area contributed by atoms with E-state index >= 15 is 4.79 Å². The molecule has 10 heteroatoms. The summed E-state index contributed by atoms with van der Waals surface area (Å²) in [5.41, 5.74) is 5.30. The number of amides is 2. The number of carbonyl (C=O) groups is 2. The number of imidazole rings is 1. The van der Waals surface area contributed by atoms with Gasteiger partial charge in [-0.2, -0.15) is 0 Å². The van der Waals surface area contributed by atoms with Crippen LogP contribution in [0.5, 0.6) is 0 Å². The van der Waals surface area contributed by atoms with Gasteiger partial charge < -0.3 is 29.5 Å². The van der Waals surface area contributed by atoms with Crippen molar-refractivity contribution in [2.75, 3.05) is 56.5 Å². The highest BCUT2D eigenvalue weighted by molar-refractivity contribution is 6.09. The van der Waals surface area contributed by atoms with Crippen molar-refractivity contribution >= 4 is 34.4 Å². The van der Waals surface area contributed by atoms with Crippen molar-refractivity contribution in [3.63, 3.8) is 0 Å². The zero-order chi connectivity index (χ0) is 35.8. The highest BCUT2D eigenvalue weighted by atomic mass is 16.2. The van der Waals surface area contributed by atoms with Crippen LogP contribution in [0.4, 0.5) is 11.5 Å². The van der Waals surface area contributed by atoms with Crippen molar-refractivity contribution in [3.05, 3.63) is 36.2 Å². The van der Waals surface area contributed by atoms with Crippen molar-refractivity contribution in [1.29, 1.82) is 0 Å². The van der Waals surface area contributed by atoms with E-state index in [1.165, 1.54) is 45.2 Å². The van der Waals surface area contributed by atoms with Crippen LogP contribution in [0.3, 0.4) is 0 Å². The van der Waals surface area contributed by atoms with Crippen molar-refractivity contribution in [2.24, 2.45) is 5.41 Å². The number of benzene rings is 1. The third-order valence-electron chi connectivity index (χ3n) is 14.1. The van der Waals surface area contributed by atoms with E-state index in [4.69, 9.17) is 9.97 Å². The number of aromatic nitrogens is 3. The Morgan fingerprint density at radius 2 is 1.67 bits per heavy atom. The molecule has 0 unspecified atom stereocenters. The van der Waals surface area contributed by atoms with Gasteiger partial charge >= 0.3 is 0 Å². The second-order valence-electron chi connectivity index (χ2n) is 17.5. The van der Waals surface area contributed by atoms with Gasteiger partial charge in [0.2, 0.25) is 11.8 Å². The SMILES string of the molecule is CCC1(C(=O)N2CCC3(CC2)C(=O)N(C2CC(N4CCCCC4)C2)c2cc(-c4cc5ncn(C(C)C)c5c(NC5CC5)n4)ccc23)CCN(C)CC1. The molecule has 6 heterocycles. The van der Waals surface area contributed by atoms with E-state index in [0.717, 1.165) is 84.6 Å². The number of hydrogen-bond acceptors (Lipinski definition) is 7. The number of carbonyl (C=O) groups excluding carboxylic acids is 2. The summed E-state index contributed by atoms with van der Waals surface area (Å²) in [6, 6.07) is 10.3. The predicted octanol–water partition coefficient (Wildman–Crippen LogP) is 6.60. The summed E-state index contributed by atoms with van der Waals surface area (Å²) in [5.74, 6) is 1.48. The fourth-order valence-corrected chi connectivity index (χ4v) is 10.3. The van der Waals surface area contributed by atoms with Crippen molar-refractivity contribution < 1.29 is 9.59 Å². The van der Waals surface area contributed by atoms with Gasteiger partial charge in [0.1, 0.15) is 5.52 Å². The average Bonchev–Trinajstić information content (AvgIpc) is 3.81. The van der Waals surface area contributed by atoms with Gasteiger partial charge in [0.15, 0.2) is 5.82 Å². The third kappa shape index (κ3) is 5.65. The van der Waals surface area contributed by atoms with Gasteiger partial charge in [-0.3, -0.25) is 9.59 Å². The summed E-state index contributed by atoms with van der Waals surface area (Å²) in [5, 5.41) is 3.71. The molecule has 278 valence electrons. The van der Waals surface area contributed by atoms with Crippen LogP contribution in [0.15, 0.2) is 30.6 Å². The van der Waals surface area contributed by atoms with Gasteiger partial charge in [0.05, 0.1) is 28.4 Å². The normalized spacial score (nSPS) is 26.3. The van der Waals surface area contributed by atoms with E-state index in [1.807, 2.05) is 6.33 Å². The molecule has 3 aromatic rings. The number of likely N-dealkylation sites (tertiary alicyclic amines) is 3. The molecule has 0 atom stereocenters. The van der Waals surface area contributed by atoms with E-state index < -0.39 is 5.41 Å². The van der Waals surface area contributed by atoms with E-state index in [-0.39, 0.29) is 23.4 Å². The van der Waals surface area contributed by atoms with Crippen LogP contribution in [0.1, 0.15) is 109 Å². The number of rotatable bonds is 8. The Morgan fingerprint density at radius 3 is 2.35 bits per heavy atom. The quantitative estimate of drug-likeness (QED) is 0.283. The number of pyridine rings is 1. The van der Waals surface area contributed by atoms with Crippen LogP contribution in [-0.4, -0.2) is 105 Å². The zero-order valence-electron chi connectivity index (χ0n) is 31.9. The lowest BCUT2D eigenvalue weighted by molar-refractivity contribution is -0.148. The lowest BCUT2D eigenvalue weighted by Crippen LogP contribution is -2.59. The highest BCUT2D eigenvalue weighted by Gasteiger charge is 2.56. The maximum atomic E-state index is 15.0. The van der Waals surface area contributed by atoms with Crippen LogP contribution < -0.4 is 10.2 Å². The summed E-state index contributed by atoms with van der Waals surface area (Å²) in [4.78, 5) is 48.6. The molecule has 1 aromatic carbocycles. The first-order valence-corrected chi connectivity index (χ1v) is 20.5. The summed E-state index contributed by atoms with van der Waals surface area (Å²) in [6.45, 7) is 12.2. The van der Waals surface area contributed by atoms with Gasteiger partial charge in [0, 0.05) is 48.5 Å². The van der Waals surface area contributed by atoms with Gasteiger partial charge in [0.25, 0.3) is 0 Å². The fraction of sp³-hybridized carbons (Fsp3) is 0.667. The molecule has 4 aliphatic heterocycles. The standard InChI is InChI=1S/C42H58N8O2/c1-5-41(13-19-46(4)20-14-41)39(51)48-21-15-42(16-22-48)33-12-9-29(23-36(33)50(40(42)52)32-24-31(25-32)47-17-7-6-8-18-47)34-26-35-37(49(27-43-35)28(2)3)38(45-34)44-30-10-11-30/h9,12,23,26-28,30-32H,5-8,10-11,13-22,24-25H2,1-4H3,(H,44,45). The van der Waals surface area contributed by atoms with Gasteiger partial charge in [-0.05, 0) is 135 Å². The first-order valence-electron chi connectivity index (χ1n) is 20.5. The molecule has 2 aliphatic carbocycles. The number of hydrogen-bond donors (Lipinski definition) is 1. The smallest absolute Gasteiger partial charge is 0.238 e. The molecule has 9 rings (SSSR count). The molecular formula is C42H58N8O2. The topological polar surface area (TPSA) is 89.8 Å². The lowest BCUT2D eigenvalue weighted by atomic mass is 9.71. The fourth-order valence-electron chi connectivity index (χ4n) is 10.3. The van der Waals surface area contributed by atoms with Crippen LogP contribution in [-0.2, 0) is 15.0 Å². The molecular weight excluding hydrogens is 649 g/mol. The van der Waals surface area contributed by atoms with Crippen molar-refractivity contribution in [3.8, 4) is 11.3 Å². The van der Waals surface area contributed by atoms with Crippen LogP contribution >= 0.6 is 0 Å². The molecule has 2 amide bonds. The number of nitrogens with zero attached hydrogens (tertiary/aromatic N) is 7. The molecule has 0 radical (unpaired) electrons. The molecule has 1 spiro atoms. The number of nitrogens with one attached hydrogen (secondary N) is 1. The second-order valence-corrected chi connectivity index (χ2v) is 17.5. The molecule has 2 aromatic heterocycles. The second kappa shape index (κ2) is 13.1. The van der Waals surface area contributed by atoms with Crippen molar-refractivity contribution in [2.45, 2.75) is 127 Å². The molecule has 0 bridgehead atoms.